The first-order valence-corrected chi connectivity index (χ1v) is 23.2. The van der Waals surface area contributed by atoms with Crippen LogP contribution < -0.4 is 22.9 Å². The molecule has 0 bridgehead atoms. The Bertz CT molecular complexity index is 918. The smallest absolute Gasteiger partial charge is 0.0900 e. The molecule has 20 nitrogen and oxygen atoms in total. The van der Waals surface area contributed by atoms with Gasteiger partial charge in [-0.15, -0.1) is 0 Å². The Morgan fingerprint density at radius 3 is 0.689 bits per heavy atom. The minimum absolute atomic E-state index is 0.112. The summed E-state index contributed by atoms with van der Waals surface area (Å²) in [7, 11) is 0. The van der Waals surface area contributed by atoms with Gasteiger partial charge in [0.1, 0.15) is 0 Å². The van der Waals surface area contributed by atoms with Crippen LogP contribution >= 0.6 is 0 Å². The van der Waals surface area contributed by atoms with Gasteiger partial charge in [-0.3, -0.25) is 39.2 Å². The maximum atomic E-state index is 11.1. The van der Waals surface area contributed by atoms with Crippen LogP contribution in [0.5, 0.6) is 0 Å². The molecule has 4 fully saturated rings. The number of β-amino-alcohol motifs (C(OH)–C–C–N with tert-alkyl or cyclic N) is 4. The maximum Gasteiger partial charge on any atom is 0.0900 e. The molecular weight excluding hydrogens is 789 g/mol. The van der Waals surface area contributed by atoms with Gasteiger partial charge in [0, 0.05) is 183 Å². The van der Waals surface area contributed by atoms with Gasteiger partial charge in [0.2, 0.25) is 0 Å². The number of aliphatic hydroxyl groups is 4. The predicted octanol–water partition coefficient (Wildman–Crippen LogP) is -6.21. The molecule has 4 rings (SSSR count). The Hall–Kier alpha value is -0.800. The van der Waals surface area contributed by atoms with Crippen molar-refractivity contribution >= 4 is 0 Å². The van der Waals surface area contributed by atoms with Crippen molar-refractivity contribution in [3.8, 4) is 0 Å². The second-order valence-corrected chi connectivity index (χ2v) is 17.9. The first kappa shape index (κ1) is 52.8. The van der Waals surface area contributed by atoms with Gasteiger partial charge in [0.05, 0.1) is 82.7 Å². The van der Waals surface area contributed by atoms with Crippen molar-refractivity contribution in [2.45, 2.75) is 24.4 Å². The van der Waals surface area contributed by atoms with Gasteiger partial charge < -0.3 is 62.3 Å². The Morgan fingerprint density at radius 1 is 0.328 bits per heavy atom. The number of nitrogens with zero attached hydrogens (tertiary/aromatic N) is 8. The second-order valence-electron chi connectivity index (χ2n) is 17.9. The number of ether oxygens (including phenoxy) is 4. The van der Waals surface area contributed by atoms with Crippen molar-refractivity contribution in [1.29, 1.82) is 0 Å². The van der Waals surface area contributed by atoms with Crippen LogP contribution in [0.3, 0.4) is 0 Å². The summed E-state index contributed by atoms with van der Waals surface area (Å²) in [6.07, 6.45) is -2.80. The monoisotopic (exact) mass is 877 g/mol. The van der Waals surface area contributed by atoms with Gasteiger partial charge in [0.15, 0.2) is 0 Å². The molecule has 0 aromatic carbocycles. The highest BCUT2D eigenvalue weighted by Crippen LogP contribution is 2.22. The molecule has 4 aliphatic heterocycles. The van der Waals surface area contributed by atoms with E-state index in [1.807, 2.05) is 0 Å². The molecule has 0 amide bonds. The minimum atomic E-state index is -0.859. The molecule has 0 radical (unpaired) electrons. The van der Waals surface area contributed by atoms with Crippen molar-refractivity contribution in [2.24, 2.45) is 28.3 Å². The van der Waals surface area contributed by atoms with Crippen molar-refractivity contribution in [3.05, 3.63) is 0 Å². The van der Waals surface area contributed by atoms with Gasteiger partial charge in [-0.25, -0.2) is 0 Å². The lowest BCUT2D eigenvalue weighted by molar-refractivity contribution is -0.135. The average molecular weight is 877 g/mol. The maximum absolute atomic E-state index is 11.1. The minimum Gasteiger partial charge on any atom is -0.389 e. The van der Waals surface area contributed by atoms with E-state index in [-0.39, 0.29) is 52.9 Å². The standard InChI is InChI=1S/C41H88N12O8/c42-1-5-46-9-17-50(18-10-46)25-37(54)29-58-33-41(34-59-30-38(55)26-51-19-11-47(6-2-43)12-20-51,35-60-31-39(56)27-52-21-13-48(7-3-44)14-22-52)36-61-32-40(57)28-53-23-15-49(8-4-45)16-24-53/h37-40,54-57H,1-36,42-45H2. The number of hydrogen-bond acceptors (Lipinski definition) is 20. The van der Waals surface area contributed by atoms with Crippen LogP contribution in [0, 0.1) is 5.41 Å². The van der Waals surface area contributed by atoms with Crippen LogP contribution in [0.25, 0.3) is 0 Å². The molecule has 360 valence electrons. The van der Waals surface area contributed by atoms with Gasteiger partial charge in [-0.1, -0.05) is 0 Å². The highest BCUT2D eigenvalue weighted by atomic mass is 16.5. The molecule has 4 unspecified atom stereocenters. The molecule has 4 heterocycles. The summed E-state index contributed by atoms with van der Waals surface area (Å²) in [5, 5.41) is 44.3. The van der Waals surface area contributed by atoms with Gasteiger partial charge >= 0.3 is 0 Å². The van der Waals surface area contributed by atoms with Crippen LogP contribution in [-0.2, 0) is 18.9 Å². The number of piperazine rings is 4. The molecular formula is C41H88N12O8. The summed E-state index contributed by atoms with van der Waals surface area (Å²) in [5.41, 5.74) is 22.2. The number of rotatable bonds is 32. The molecule has 4 aliphatic rings. The predicted molar refractivity (Wildman–Crippen MR) is 237 cm³/mol. The quantitative estimate of drug-likeness (QED) is 0.0313. The zero-order chi connectivity index (χ0) is 43.7. The number of aliphatic hydroxyl groups excluding tert-OH is 4. The normalized spacial score (nSPS) is 23.6. The SMILES string of the molecule is NCCN1CCN(CC(O)COCC(COCC(O)CN2CCN(CCN)CC2)(COCC(O)CN2CCN(CCN)CC2)COCC(O)CN2CCN(CCN)CC2)CC1. The van der Waals surface area contributed by atoms with Crippen LogP contribution in [-0.4, -0.2) is 320 Å². The van der Waals surface area contributed by atoms with Crippen LogP contribution in [0.4, 0.5) is 0 Å². The fraction of sp³-hybridized carbons (Fsp3) is 1.00. The molecule has 0 aliphatic carbocycles. The highest BCUT2D eigenvalue weighted by molar-refractivity contribution is 4.83. The van der Waals surface area contributed by atoms with E-state index in [2.05, 4.69) is 39.2 Å². The van der Waals surface area contributed by atoms with E-state index in [1.165, 1.54) is 0 Å². The Labute approximate surface area is 366 Å². The van der Waals surface area contributed by atoms with Crippen LogP contribution in [0.2, 0.25) is 0 Å². The van der Waals surface area contributed by atoms with E-state index in [9.17, 15) is 20.4 Å². The fourth-order valence-electron chi connectivity index (χ4n) is 8.81. The van der Waals surface area contributed by atoms with E-state index in [0.29, 0.717) is 52.4 Å². The zero-order valence-electron chi connectivity index (χ0n) is 37.6. The van der Waals surface area contributed by atoms with Crippen molar-refractivity contribution < 1.29 is 39.4 Å². The van der Waals surface area contributed by atoms with E-state index < -0.39 is 29.8 Å². The molecule has 20 heteroatoms. The van der Waals surface area contributed by atoms with Crippen molar-refractivity contribution in [3.63, 3.8) is 0 Å². The lowest BCUT2D eigenvalue weighted by Gasteiger charge is -2.37. The third kappa shape index (κ3) is 21.4. The second kappa shape index (κ2) is 30.4. The summed E-state index contributed by atoms with van der Waals surface area (Å²) >= 11 is 0. The molecule has 0 spiro atoms. The third-order valence-corrected chi connectivity index (χ3v) is 12.4. The topological polar surface area (TPSA) is 248 Å². The van der Waals surface area contributed by atoms with Crippen molar-refractivity contribution in [2.75, 3.05) is 236 Å². The van der Waals surface area contributed by atoms with E-state index >= 15 is 0 Å². The molecule has 4 atom stereocenters. The molecule has 12 N–H and O–H groups in total. The molecule has 61 heavy (non-hydrogen) atoms. The van der Waals surface area contributed by atoms with Crippen LogP contribution in [0.15, 0.2) is 0 Å². The summed E-state index contributed by atoms with van der Waals surface area (Å²) in [6, 6.07) is 0. The lowest BCUT2D eigenvalue weighted by Crippen LogP contribution is -2.51. The molecule has 0 aromatic rings. The van der Waals surface area contributed by atoms with Gasteiger partial charge in [0.25, 0.3) is 0 Å². The first-order valence-electron chi connectivity index (χ1n) is 23.2. The molecule has 0 saturated carbocycles. The third-order valence-electron chi connectivity index (χ3n) is 12.4. The first-order chi connectivity index (χ1) is 29.6. The van der Waals surface area contributed by atoms with Gasteiger partial charge in [-0.2, -0.15) is 0 Å². The Kier molecular flexibility index (Phi) is 26.3. The van der Waals surface area contributed by atoms with E-state index in [1.54, 1.807) is 0 Å². The van der Waals surface area contributed by atoms with E-state index in [4.69, 9.17) is 41.9 Å². The molecule has 4 saturated heterocycles. The number of nitrogens with two attached hydrogens (primary N) is 4. The molecule has 0 aromatic heterocycles. The Morgan fingerprint density at radius 2 is 0.508 bits per heavy atom. The van der Waals surface area contributed by atoms with E-state index in [0.717, 1.165) is 131 Å². The summed E-state index contributed by atoms with van der Waals surface area (Å²) in [4.78, 5) is 18.4. The zero-order valence-corrected chi connectivity index (χ0v) is 37.6. The summed E-state index contributed by atoms with van der Waals surface area (Å²) < 4.78 is 25.2. The summed E-state index contributed by atoms with van der Waals surface area (Å²) in [5.74, 6) is 0. The van der Waals surface area contributed by atoms with Crippen molar-refractivity contribution in [1.82, 2.24) is 39.2 Å². The summed E-state index contributed by atoms with van der Waals surface area (Å²) in [6.45, 7) is 23.3. The van der Waals surface area contributed by atoms with Gasteiger partial charge in [-0.05, 0) is 0 Å². The largest absolute Gasteiger partial charge is 0.389 e. The highest BCUT2D eigenvalue weighted by Gasteiger charge is 2.35. The Balaban J connectivity index is 1.36. The number of hydrogen-bond donors (Lipinski definition) is 8. The lowest BCUT2D eigenvalue weighted by atomic mass is 9.92. The fourth-order valence-corrected chi connectivity index (χ4v) is 8.81. The average Bonchev–Trinajstić information content (AvgIpc) is 3.24. The van der Waals surface area contributed by atoms with Crippen LogP contribution in [0.1, 0.15) is 0 Å².